The summed E-state index contributed by atoms with van der Waals surface area (Å²) in [5, 5.41) is 11.6. The van der Waals surface area contributed by atoms with Gasteiger partial charge in [-0.3, -0.25) is 4.79 Å². The first kappa shape index (κ1) is 14.6. The minimum Gasteiger partial charge on any atom is -0.479 e. The Kier molecular flexibility index (Phi) is 5.22. The van der Waals surface area contributed by atoms with Gasteiger partial charge in [-0.25, -0.2) is 4.79 Å². The fourth-order valence-corrected chi connectivity index (χ4v) is 2.62. The van der Waals surface area contributed by atoms with Crippen molar-refractivity contribution in [2.45, 2.75) is 25.1 Å². The average Bonchev–Trinajstić information content (AvgIpc) is 2.29. The van der Waals surface area contributed by atoms with Gasteiger partial charge in [0.25, 0.3) is 0 Å². The minimum atomic E-state index is -1.22. The van der Waals surface area contributed by atoms with Crippen molar-refractivity contribution in [3.8, 4) is 0 Å². The number of carboxylic acid groups (broad SMARTS) is 1. The minimum absolute atomic E-state index is 0.330. The monoisotopic (exact) mass is 267 g/mol. The summed E-state index contributed by atoms with van der Waals surface area (Å²) in [7, 11) is 0. The van der Waals surface area contributed by atoms with Crippen LogP contribution in [0.25, 0.3) is 0 Å². The normalized spacial score (nSPS) is 13.7. The first-order chi connectivity index (χ1) is 8.44. The van der Waals surface area contributed by atoms with Crippen molar-refractivity contribution < 1.29 is 14.7 Å². The third kappa shape index (κ3) is 4.41. The van der Waals surface area contributed by atoms with Crippen molar-refractivity contribution in [2.75, 3.05) is 5.75 Å². The van der Waals surface area contributed by atoms with Gasteiger partial charge in [-0.1, -0.05) is 30.3 Å². The molecule has 0 aliphatic rings. The number of thioether (sulfide) groups is 1. The van der Waals surface area contributed by atoms with E-state index >= 15 is 0 Å². The van der Waals surface area contributed by atoms with Crippen LogP contribution in [0.3, 0.4) is 0 Å². The second-order valence-corrected chi connectivity index (χ2v) is 5.28. The van der Waals surface area contributed by atoms with Gasteiger partial charge in [0.1, 0.15) is 5.54 Å². The van der Waals surface area contributed by atoms with Crippen LogP contribution in [0.5, 0.6) is 0 Å². The lowest BCUT2D eigenvalue weighted by molar-refractivity contribution is -0.145. The molecule has 0 fully saturated rings. The largest absolute Gasteiger partial charge is 0.479 e. The van der Waals surface area contributed by atoms with E-state index in [9.17, 15) is 9.59 Å². The summed E-state index contributed by atoms with van der Waals surface area (Å²) >= 11 is 1.49. The fourth-order valence-electron chi connectivity index (χ4n) is 1.49. The van der Waals surface area contributed by atoms with Crippen molar-refractivity contribution in [2.24, 2.45) is 0 Å². The average molecular weight is 267 g/mol. The second-order valence-electron chi connectivity index (χ2n) is 4.30. The third-order valence-electron chi connectivity index (χ3n) is 2.43. The van der Waals surface area contributed by atoms with E-state index in [4.69, 9.17) is 5.11 Å². The maximum absolute atomic E-state index is 11.2. The summed E-state index contributed by atoms with van der Waals surface area (Å²) in [6, 6.07) is 9.81. The van der Waals surface area contributed by atoms with Crippen LogP contribution in [0.1, 0.15) is 19.4 Å². The van der Waals surface area contributed by atoms with Gasteiger partial charge in [-0.05, 0) is 12.5 Å². The molecule has 4 nitrogen and oxygen atoms in total. The molecule has 0 spiro atoms. The number of hydrogen-bond acceptors (Lipinski definition) is 3. The molecule has 0 heterocycles. The molecule has 1 amide bonds. The molecule has 2 N–H and O–H groups in total. The maximum Gasteiger partial charge on any atom is 0.329 e. The van der Waals surface area contributed by atoms with Crippen LogP contribution in [-0.2, 0) is 15.3 Å². The van der Waals surface area contributed by atoms with Gasteiger partial charge in [0.2, 0.25) is 5.91 Å². The van der Waals surface area contributed by atoms with E-state index in [2.05, 4.69) is 5.32 Å². The van der Waals surface area contributed by atoms with Crippen LogP contribution < -0.4 is 5.32 Å². The third-order valence-corrected chi connectivity index (χ3v) is 3.75. The van der Waals surface area contributed by atoms with E-state index in [0.29, 0.717) is 5.75 Å². The highest BCUT2D eigenvalue weighted by molar-refractivity contribution is 7.98. The van der Waals surface area contributed by atoms with Crippen LogP contribution in [-0.4, -0.2) is 28.3 Å². The zero-order valence-corrected chi connectivity index (χ0v) is 11.3. The van der Waals surface area contributed by atoms with Crippen LogP contribution in [0.4, 0.5) is 0 Å². The number of nitrogens with one attached hydrogen (secondary N) is 1. The molecule has 0 bridgehead atoms. The quantitative estimate of drug-likeness (QED) is 0.826. The van der Waals surface area contributed by atoms with Gasteiger partial charge in [0, 0.05) is 18.4 Å². The van der Waals surface area contributed by atoms with Gasteiger partial charge < -0.3 is 10.4 Å². The number of hydrogen-bond donors (Lipinski definition) is 2. The van der Waals surface area contributed by atoms with E-state index in [0.717, 1.165) is 11.3 Å². The molecule has 0 unspecified atom stereocenters. The van der Waals surface area contributed by atoms with Gasteiger partial charge in [-0.2, -0.15) is 11.8 Å². The molecule has 0 aliphatic heterocycles. The summed E-state index contributed by atoms with van der Waals surface area (Å²) < 4.78 is 0. The van der Waals surface area contributed by atoms with Crippen molar-refractivity contribution in [1.82, 2.24) is 5.32 Å². The van der Waals surface area contributed by atoms with Gasteiger partial charge in [0.05, 0.1) is 0 Å². The predicted octanol–water partition coefficient (Wildman–Crippen LogP) is 1.90. The summed E-state index contributed by atoms with van der Waals surface area (Å²) in [6.45, 7) is 2.85. The predicted molar refractivity (Wildman–Crippen MR) is 72.5 cm³/mol. The van der Waals surface area contributed by atoms with Crippen LogP contribution in [0, 0.1) is 0 Å². The van der Waals surface area contributed by atoms with Gasteiger partial charge >= 0.3 is 5.97 Å². The molecule has 0 saturated heterocycles. The summed E-state index contributed by atoms with van der Waals surface area (Å²) in [4.78, 5) is 22.2. The van der Waals surface area contributed by atoms with Crippen LogP contribution in [0.2, 0.25) is 0 Å². The number of rotatable bonds is 6. The lowest BCUT2D eigenvalue weighted by Crippen LogP contribution is -2.53. The standard InChI is InChI=1S/C13H17NO3S/c1-10(15)14-13(2,12(16)17)9-18-8-11-6-4-3-5-7-11/h3-7H,8-9H2,1-2H3,(H,14,15)(H,16,17)/t13-/m0/s1. The molecule has 5 heteroatoms. The van der Waals surface area contributed by atoms with E-state index in [1.165, 1.54) is 25.6 Å². The number of carbonyl (C=O) groups is 2. The van der Waals surface area contributed by atoms with Crippen LogP contribution in [0.15, 0.2) is 30.3 Å². The summed E-state index contributed by atoms with van der Waals surface area (Å²) in [6.07, 6.45) is 0. The summed E-state index contributed by atoms with van der Waals surface area (Å²) in [5.74, 6) is -0.293. The zero-order chi connectivity index (χ0) is 13.6. The Hall–Kier alpha value is -1.49. The number of benzene rings is 1. The summed E-state index contributed by atoms with van der Waals surface area (Å²) in [5.41, 5.74) is -0.0799. The Labute approximate surface area is 111 Å². The van der Waals surface area contributed by atoms with Crippen molar-refractivity contribution >= 4 is 23.6 Å². The molecule has 1 rings (SSSR count). The molecule has 0 aliphatic carbocycles. The topological polar surface area (TPSA) is 66.4 Å². The van der Waals surface area contributed by atoms with E-state index < -0.39 is 11.5 Å². The molecule has 18 heavy (non-hydrogen) atoms. The van der Waals surface area contributed by atoms with Crippen LogP contribution >= 0.6 is 11.8 Å². The Bertz CT molecular complexity index is 422. The lowest BCUT2D eigenvalue weighted by Gasteiger charge is -2.25. The molecule has 1 aromatic rings. The highest BCUT2D eigenvalue weighted by Gasteiger charge is 2.33. The number of carbonyl (C=O) groups excluding carboxylic acids is 1. The second kappa shape index (κ2) is 6.44. The van der Waals surface area contributed by atoms with Crippen molar-refractivity contribution in [3.63, 3.8) is 0 Å². The highest BCUT2D eigenvalue weighted by atomic mass is 32.2. The smallest absolute Gasteiger partial charge is 0.329 e. The lowest BCUT2D eigenvalue weighted by atomic mass is 10.1. The highest BCUT2D eigenvalue weighted by Crippen LogP contribution is 2.18. The number of aliphatic carboxylic acids is 1. The Balaban J connectivity index is 2.53. The van der Waals surface area contributed by atoms with Crippen molar-refractivity contribution in [3.05, 3.63) is 35.9 Å². The molecule has 0 aromatic heterocycles. The Morgan fingerprint density at radius 1 is 1.33 bits per heavy atom. The fraction of sp³-hybridized carbons (Fsp3) is 0.385. The van der Waals surface area contributed by atoms with Gasteiger partial charge in [0.15, 0.2) is 0 Å². The Morgan fingerprint density at radius 3 is 2.44 bits per heavy atom. The molecule has 0 saturated carbocycles. The molecular formula is C13H17NO3S. The first-order valence-corrected chi connectivity index (χ1v) is 6.73. The molecule has 98 valence electrons. The molecule has 1 aromatic carbocycles. The molecule has 0 radical (unpaired) electrons. The van der Waals surface area contributed by atoms with E-state index in [1.54, 1.807) is 0 Å². The van der Waals surface area contributed by atoms with E-state index in [-0.39, 0.29) is 5.91 Å². The molecular weight excluding hydrogens is 250 g/mol. The Morgan fingerprint density at radius 2 is 1.94 bits per heavy atom. The van der Waals surface area contributed by atoms with E-state index in [1.807, 2.05) is 30.3 Å². The van der Waals surface area contributed by atoms with Gasteiger partial charge in [-0.15, -0.1) is 0 Å². The first-order valence-electron chi connectivity index (χ1n) is 5.58. The number of carboxylic acids is 1. The SMILES string of the molecule is CC(=O)N[C@@](C)(CSCc1ccccc1)C(=O)O. The maximum atomic E-state index is 11.2. The molecule has 1 atom stereocenters. The number of amides is 1. The van der Waals surface area contributed by atoms with Crippen molar-refractivity contribution in [1.29, 1.82) is 0 Å². The zero-order valence-electron chi connectivity index (χ0n) is 10.5.